The summed E-state index contributed by atoms with van der Waals surface area (Å²) in [6.07, 6.45) is 0.892. The van der Waals surface area contributed by atoms with Crippen molar-refractivity contribution in [1.29, 1.82) is 0 Å². The smallest absolute Gasteiger partial charge is 0.240 e. The molecule has 2 rings (SSSR count). The van der Waals surface area contributed by atoms with Gasteiger partial charge in [0, 0.05) is 25.3 Å². The van der Waals surface area contributed by atoms with E-state index in [1.807, 2.05) is 52.1 Å². The van der Waals surface area contributed by atoms with E-state index in [9.17, 15) is 8.42 Å². The Morgan fingerprint density at radius 3 is 2.04 bits per heavy atom. The number of likely N-dealkylation sites (N-methyl/N-ethyl adjacent to an activating group) is 1. The van der Waals surface area contributed by atoms with Gasteiger partial charge in [-0.05, 0) is 36.2 Å². The van der Waals surface area contributed by atoms with E-state index in [1.165, 1.54) is 4.90 Å². The minimum absolute atomic E-state index is 0.0379. The van der Waals surface area contributed by atoms with Gasteiger partial charge in [-0.25, -0.2) is 13.1 Å². The molecule has 0 aliphatic heterocycles. The maximum atomic E-state index is 12.6. The van der Waals surface area contributed by atoms with E-state index in [4.69, 9.17) is 0 Å². The summed E-state index contributed by atoms with van der Waals surface area (Å²) in [5.41, 5.74) is 3.36. The summed E-state index contributed by atoms with van der Waals surface area (Å²) in [5, 5.41) is 0. The molecule has 2 aromatic rings. The van der Waals surface area contributed by atoms with Crippen molar-refractivity contribution >= 4 is 15.7 Å². The summed E-state index contributed by atoms with van der Waals surface area (Å²) in [5.74, 6) is 0. The SMILES string of the molecule is CCc1ccc(S(=O)(=O)NC[C@H](c2ccc(N(C)C)cc2)[NH+](C)C)cc1. The average Bonchev–Trinajstić information content (AvgIpc) is 2.62. The van der Waals surface area contributed by atoms with Gasteiger partial charge in [-0.2, -0.15) is 0 Å². The number of nitrogens with one attached hydrogen (secondary N) is 2. The van der Waals surface area contributed by atoms with Crippen LogP contribution in [0.15, 0.2) is 53.4 Å². The highest BCUT2D eigenvalue weighted by atomic mass is 32.2. The zero-order chi connectivity index (χ0) is 19.3. The number of hydrogen-bond donors (Lipinski definition) is 2. The molecule has 0 amide bonds. The molecule has 0 heterocycles. The second-order valence-corrected chi connectivity index (χ2v) is 8.73. The van der Waals surface area contributed by atoms with E-state index in [-0.39, 0.29) is 6.04 Å². The van der Waals surface area contributed by atoms with E-state index in [2.05, 4.69) is 29.0 Å². The van der Waals surface area contributed by atoms with Crippen LogP contribution in [0.1, 0.15) is 24.1 Å². The molecule has 0 spiro atoms. The molecular formula is C20H30N3O2S+. The van der Waals surface area contributed by atoms with Crippen LogP contribution in [0.3, 0.4) is 0 Å². The van der Waals surface area contributed by atoms with Gasteiger partial charge >= 0.3 is 0 Å². The summed E-state index contributed by atoms with van der Waals surface area (Å²) in [7, 11) is 4.56. The highest BCUT2D eigenvalue weighted by molar-refractivity contribution is 7.89. The Hall–Kier alpha value is -1.89. The Morgan fingerprint density at radius 2 is 1.58 bits per heavy atom. The van der Waals surface area contributed by atoms with E-state index in [0.29, 0.717) is 11.4 Å². The lowest BCUT2D eigenvalue weighted by Gasteiger charge is -2.23. The molecule has 142 valence electrons. The third kappa shape index (κ3) is 5.06. The van der Waals surface area contributed by atoms with Crippen LogP contribution < -0.4 is 14.5 Å². The second-order valence-electron chi connectivity index (χ2n) is 6.97. The van der Waals surface area contributed by atoms with Crippen molar-refractivity contribution in [3.8, 4) is 0 Å². The summed E-state index contributed by atoms with van der Waals surface area (Å²) >= 11 is 0. The Kier molecular flexibility index (Phi) is 6.81. The molecule has 0 fully saturated rings. The van der Waals surface area contributed by atoms with Crippen LogP contribution in [-0.2, 0) is 16.4 Å². The molecule has 0 aliphatic carbocycles. The van der Waals surface area contributed by atoms with E-state index < -0.39 is 10.0 Å². The van der Waals surface area contributed by atoms with Gasteiger partial charge in [0.15, 0.2) is 0 Å². The van der Waals surface area contributed by atoms with Crippen molar-refractivity contribution < 1.29 is 13.3 Å². The molecule has 6 heteroatoms. The van der Waals surface area contributed by atoms with Crippen LogP contribution in [0, 0.1) is 0 Å². The first-order valence-electron chi connectivity index (χ1n) is 8.90. The predicted molar refractivity (Wildman–Crippen MR) is 107 cm³/mol. The lowest BCUT2D eigenvalue weighted by Crippen LogP contribution is -3.07. The number of nitrogens with zero attached hydrogens (tertiary/aromatic N) is 1. The fraction of sp³-hybridized carbons (Fsp3) is 0.400. The van der Waals surface area contributed by atoms with Gasteiger partial charge in [0.05, 0.1) is 25.5 Å². The van der Waals surface area contributed by atoms with Gasteiger partial charge in [-0.3, -0.25) is 0 Å². The molecule has 0 aromatic heterocycles. The molecule has 0 saturated heterocycles. The third-order valence-corrected chi connectivity index (χ3v) is 6.07. The van der Waals surface area contributed by atoms with Gasteiger partial charge in [-0.15, -0.1) is 0 Å². The van der Waals surface area contributed by atoms with E-state index >= 15 is 0 Å². The van der Waals surface area contributed by atoms with E-state index in [0.717, 1.165) is 23.2 Å². The minimum atomic E-state index is -3.52. The molecule has 0 unspecified atom stereocenters. The van der Waals surface area contributed by atoms with Gasteiger partial charge < -0.3 is 9.80 Å². The topological polar surface area (TPSA) is 53.9 Å². The van der Waals surface area contributed by atoms with Gasteiger partial charge in [0.2, 0.25) is 10.0 Å². The van der Waals surface area contributed by atoms with Crippen molar-refractivity contribution in [3.05, 3.63) is 59.7 Å². The molecule has 2 aromatic carbocycles. The van der Waals surface area contributed by atoms with E-state index in [1.54, 1.807) is 12.1 Å². The monoisotopic (exact) mass is 376 g/mol. The van der Waals surface area contributed by atoms with Crippen LogP contribution in [0.5, 0.6) is 0 Å². The van der Waals surface area contributed by atoms with Crippen molar-refractivity contribution in [2.75, 3.05) is 39.6 Å². The van der Waals surface area contributed by atoms with Gasteiger partial charge in [0.25, 0.3) is 0 Å². The van der Waals surface area contributed by atoms with Crippen LogP contribution in [0.2, 0.25) is 0 Å². The van der Waals surface area contributed by atoms with Crippen molar-refractivity contribution in [2.24, 2.45) is 0 Å². The van der Waals surface area contributed by atoms with Crippen LogP contribution in [0.4, 0.5) is 5.69 Å². The second kappa shape index (κ2) is 8.66. The lowest BCUT2D eigenvalue weighted by molar-refractivity contribution is -0.890. The summed E-state index contributed by atoms with van der Waals surface area (Å²) in [6.45, 7) is 2.40. The fourth-order valence-electron chi connectivity index (χ4n) is 2.84. The summed E-state index contributed by atoms with van der Waals surface area (Å²) in [4.78, 5) is 3.53. The van der Waals surface area contributed by atoms with Crippen molar-refractivity contribution in [2.45, 2.75) is 24.3 Å². The Balaban J connectivity index is 2.14. The molecule has 26 heavy (non-hydrogen) atoms. The maximum absolute atomic E-state index is 12.6. The maximum Gasteiger partial charge on any atom is 0.240 e. The summed E-state index contributed by atoms with van der Waals surface area (Å²) < 4.78 is 28.0. The normalized spacial score (nSPS) is 13.0. The van der Waals surface area contributed by atoms with Gasteiger partial charge in [-0.1, -0.05) is 31.2 Å². The number of sulfonamides is 1. The lowest BCUT2D eigenvalue weighted by atomic mass is 10.1. The van der Waals surface area contributed by atoms with Crippen molar-refractivity contribution in [3.63, 3.8) is 0 Å². The predicted octanol–water partition coefficient (Wildman–Crippen LogP) is 1.48. The van der Waals surface area contributed by atoms with Crippen LogP contribution >= 0.6 is 0 Å². The standard InChI is InChI=1S/C20H29N3O2S/c1-6-16-7-13-19(14-8-16)26(24,25)21-15-20(23(4)5)17-9-11-18(12-10-17)22(2)3/h7-14,20-21H,6,15H2,1-5H3/p+1/t20-/m1/s1. The van der Waals surface area contributed by atoms with Gasteiger partial charge in [0.1, 0.15) is 6.04 Å². The zero-order valence-electron chi connectivity index (χ0n) is 16.3. The number of anilines is 1. The first-order chi connectivity index (χ1) is 12.2. The molecule has 0 radical (unpaired) electrons. The third-order valence-electron chi connectivity index (χ3n) is 4.63. The summed E-state index contributed by atoms with van der Waals surface area (Å²) in [6, 6.07) is 15.4. The zero-order valence-corrected chi connectivity index (χ0v) is 17.1. The largest absolute Gasteiger partial charge is 0.378 e. The minimum Gasteiger partial charge on any atom is -0.378 e. The highest BCUT2D eigenvalue weighted by Gasteiger charge is 2.22. The fourth-order valence-corrected chi connectivity index (χ4v) is 3.89. The highest BCUT2D eigenvalue weighted by Crippen LogP contribution is 2.17. The number of rotatable bonds is 8. The van der Waals surface area contributed by atoms with Crippen LogP contribution in [0.25, 0.3) is 0 Å². The Bertz CT molecular complexity index is 798. The molecule has 0 saturated carbocycles. The Labute approximate surface area is 157 Å². The number of aryl methyl sites for hydroxylation is 1. The number of benzene rings is 2. The molecule has 5 nitrogen and oxygen atoms in total. The first-order valence-corrected chi connectivity index (χ1v) is 10.4. The Morgan fingerprint density at radius 1 is 1.00 bits per heavy atom. The molecule has 0 bridgehead atoms. The number of hydrogen-bond acceptors (Lipinski definition) is 3. The molecule has 2 N–H and O–H groups in total. The van der Waals surface area contributed by atoms with Crippen LogP contribution in [-0.4, -0.2) is 43.2 Å². The first kappa shape index (κ1) is 20.4. The molecule has 0 aliphatic rings. The van der Waals surface area contributed by atoms with Crippen molar-refractivity contribution in [1.82, 2.24) is 4.72 Å². The average molecular weight is 377 g/mol. The molecule has 1 atom stereocenters. The molecular weight excluding hydrogens is 346 g/mol. The quantitative estimate of drug-likeness (QED) is 0.734. The number of quaternary nitrogens is 1.